The highest BCUT2D eigenvalue weighted by molar-refractivity contribution is 6.11. The van der Waals surface area contributed by atoms with E-state index in [0.29, 0.717) is 10.5 Å². The van der Waals surface area contributed by atoms with E-state index in [2.05, 4.69) is 15.6 Å². The second-order valence-electron chi connectivity index (χ2n) is 12.3. The second kappa shape index (κ2) is 17.2. The summed E-state index contributed by atoms with van der Waals surface area (Å²) >= 11 is 0. The molecular formula is C30H46N8O10. The number of nitrogens with zero attached hydrogens (tertiary/aromatic N) is 2. The number of phenols is 1. The van der Waals surface area contributed by atoms with Gasteiger partial charge in [-0.1, -0.05) is 26.0 Å². The van der Waals surface area contributed by atoms with E-state index in [-0.39, 0.29) is 31.1 Å². The fourth-order valence-electron chi connectivity index (χ4n) is 4.45. The Morgan fingerprint density at radius 2 is 1.52 bits per heavy atom. The maximum absolute atomic E-state index is 14.0. The zero-order chi connectivity index (χ0) is 37.1. The van der Waals surface area contributed by atoms with Crippen LogP contribution < -0.4 is 33.6 Å². The van der Waals surface area contributed by atoms with Crippen molar-refractivity contribution in [1.29, 1.82) is 0 Å². The van der Waals surface area contributed by atoms with Crippen LogP contribution in [0.5, 0.6) is 5.75 Å². The second-order valence-corrected chi connectivity index (χ2v) is 12.3. The summed E-state index contributed by atoms with van der Waals surface area (Å²) in [6.07, 6.45) is -1.61. The molecule has 0 saturated carbocycles. The minimum absolute atomic E-state index is 0.0119. The van der Waals surface area contributed by atoms with Gasteiger partial charge in [0.15, 0.2) is 17.3 Å². The van der Waals surface area contributed by atoms with Crippen molar-refractivity contribution < 1.29 is 48.9 Å². The normalized spacial score (nSPS) is 14.4. The fourth-order valence-corrected chi connectivity index (χ4v) is 4.45. The van der Waals surface area contributed by atoms with Gasteiger partial charge in [-0.2, -0.15) is 0 Å². The largest absolute Gasteiger partial charge is 0.508 e. The van der Waals surface area contributed by atoms with Crippen LogP contribution in [0.25, 0.3) is 0 Å². The van der Waals surface area contributed by atoms with E-state index in [1.165, 1.54) is 52.0 Å². The van der Waals surface area contributed by atoms with Crippen molar-refractivity contribution in [3.8, 4) is 5.75 Å². The molecule has 0 aliphatic carbocycles. The molecular weight excluding hydrogens is 632 g/mol. The Hall–Kier alpha value is -5.10. The van der Waals surface area contributed by atoms with Crippen LogP contribution in [0.3, 0.4) is 0 Å². The summed E-state index contributed by atoms with van der Waals surface area (Å²) in [4.78, 5) is 95.1. The molecule has 0 spiro atoms. The van der Waals surface area contributed by atoms with Gasteiger partial charge in [-0.15, -0.1) is 0 Å². The number of hydrogen-bond donors (Lipinski definition) is 9. The molecule has 4 atom stereocenters. The number of carbonyl (C=O) groups is 7. The average molecular weight is 679 g/mol. The van der Waals surface area contributed by atoms with Gasteiger partial charge >= 0.3 is 11.9 Å². The third-order valence-electron chi connectivity index (χ3n) is 7.26. The molecule has 18 heteroatoms. The molecule has 0 aliphatic rings. The molecule has 4 amide bonds. The van der Waals surface area contributed by atoms with E-state index < -0.39 is 89.3 Å². The van der Waals surface area contributed by atoms with Crippen LogP contribution in [-0.4, -0.2) is 103 Å². The molecule has 0 heterocycles. The van der Waals surface area contributed by atoms with Crippen molar-refractivity contribution in [3.63, 3.8) is 0 Å². The number of nitrogens with one attached hydrogen (secondary N) is 2. The number of carboxylic acids is 2. The summed E-state index contributed by atoms with van der Waals surface area (Å²) in [5, 5.41) is 33.7. The molecule has 0 radical (unpaired) electrons. The molecule has 0 saturated heterocycles. The van der Waals surface area contributed by atoms with Gasteiger partial charge in [0.1, 0.15) is 23.9 Å². The highest BCUT2D eigenvalue weighted by Gasteiger charge is 2.45. The van der Waals surface area contributed by atoms with Crippen molar-refractivity contribution in [3.05, 3.63) is 29.8 Å². The number of ketones is 1. The van der Waals surface area contributed by atoms with Gasteiger partial charge in [0, 0.05) is 13.0 Å². The predicted octanol–water partition coefficient (Wildman–Crippen LogP) is -2.08. The lowest BCUT2D eigenvalue weighted by molar-refractivity contribution is -0.161. The Morgan fingerprint density at radius 3 is 1.96 bits per heavy atom. The summed E-state index contributed by atoms with van der Waals surface area (Å²) in [5.41, 5.74) is 19.0. The van der Waals surface area contributed by atoms with Crippen LogP contribution in [0.4, 0.5) is 0 Å². The summed E-state index contributed by atoms with van der Waals surface area (Å²) < 4.78 is 0. The number of hydrogen-bond acceptors (Lipinski definition) is 11. The number of aliphatic carboxylic acids is 2. The zero-order valence-electron chi connectivity index (χ0n) is 27.6. The van der Waals surface area contributed by atoms with Gasteiger partial charge in [-0.25, -0.2) is 4.79 Å². The number of benzene rings is 1. The number of Topliss-reactive ketones (excluding diaryl/α,β-unsaturated/α-hetero) is 1. The first kappa shape index (κ1) is 40.9. The SMILES string of the molecule is CC(=O)[C@](N)(CCCN=C(N)N)C(=O)N[C@@H](CC(=O)O)C(=O)N[C@H](C(=O)N(C(=O)C(C)(C)N)[C@@H](Cc1ccc(O)cc1)C(=O)O)C(C)C. The summed E-state index contributed by atoms with van der Waals surface area (Å²) in [7, 11) is 0. The number of phenolic OH excluding ortho intramolecular Hbond substituents is 1. The van der Waals surface area contributed by atoms with Gasteiger partial charge in [0.25, 0.3) is 5.91 Å². The molecule has 266 valence electrons. The number of nitrogens with two attached hydrogens (primary N) is 4. The number of aromatic hydroxyl groups is 1. The number of carbonyl (C=O) groups excluding carboxylic acids is 5. The van der Waals surface area contributed by atoms with E-state index in [9.17, 15) is 48.9 Å². The minimum atomic E-state index is -2.21. The molecule has 0 aliphatic heterocycles. The third kappa shape index (κ3) is 11.6. The number of aliphatic imine (C=N–C) groups is 1. The lowest BCUT2D eigenvalue weighted by atomic mass is 9.88. The monoisotopic (exact) mass is 678 g/mol. The van der Waals surface area contributed by atoms with E-state index in [1.807, 2.05) is 0 Å². The summed E-state index contributed by atoms with van der Waals surface area (Å²) in [6.45, 7) is 6.48. The van der Waals surface area contributed by atoms with Crippen LogP contribution in [0.2, 0.25) is 0 Å². The Bertz CT molecular complexity index is 1400. The Balaban J connectivity index is 3.50. The number of imide groups is 1. The van der Waals surface area contributed by atoms with Crippen molar-refractivity contribution >= 4 is 47.3 Å². The van der Waals surface area contributed by atoms with Crippen LogP contribution in [0.15, 0.2) is 29.3 Å². The van der Waals surface area contributed by atoms with E-state index in [0.717, 1.165) is 6.92 Å². The molecule has 1 rings (SSSR count). The van der Waals surface area contributed by atoms with Crippen molar-refractivity contribution in [2.24, 2.45) is 33.8 Å². The van der Waals surface area contributed by atoms with Gasteiger partial charge in [0.05, 0.1) is 12.0 Å². The fraction of sp³-hybridized carbons (Fsp3) is 0.533. The molecule has 0 fully saturated rings. The lowest BCUT2D eigenvalue weighted by Gasteiger charge is -2.36. The van der Waals surface area contributed by atoms with E-state index in [4.69, 9.17) is 22.9 Å². The van der Waals surface area contributed by atoms with Crippen molar-refractivity contribution in [1.82, 2.24) is 15.5 Å². The van der Waals surface area contributed by atoms with Crippen molar-refractivity contribution in [2.45, 2.75) is 89.5 Å². The Labute approximate surface area is 277 Å². The molecule has 13 N–H and O–H groups in total. The molecule has 1 aromatic rings. The first-order valence-corrected chi connectivity index (χ1v) is 14.9. The number of amides is 4. The predicted molar refractivity (Wildman–Crippen MR) is 172 cm³/mol. The molecule has 18 nitrogen and oxygen atoms in total. The highest BCUT2D eigenvalue weighted by Crippen LogP contribution is 2.20. The minimum Gasteiger partial charge on any atom is -0.508 e. The summed E-state index contributed by atoms with van der Waals surface area (Å²) in [6, 6.07) is 0.0424. The average Bonchev–Trinajstić information content (AvgIpc) is 2.96. The van der Waals surface area contributed by atoms with Crippen molar-refractivity contribution in [2.75, 3.05) is 6.54 Å². The molecule has 0 aromatic heterocycles. The van der Waals surface area contributed by atoms with Crippen LogP contribution in [-0.2, 0) is 40.0 Å². The first-order chi connectivity index (χ1) is 22.0. The van der Waals surface area contributed by atoms with Crippen LogP contribution in [0, 0.1) is 5.92 Å². The first-order valence-electron chi connectivity index (χ1n) is 14.9. The number of rotatable bonds is 18. The third-order valence-corrected chi connectivity index (χ3v) is 7.26. The maximum atomic E-state index is 14.0. The van der Waals surface area contributed by atoms with Crippen LogP contribution >= 0.6 is 0 Å². The standard InChI is InChI=1S/C30H46N8O10/c1-15(2)22(24(44)38(27(48)29(4,5)33)20(25(45)46)13-17-7-9-18(40)10-8-17)37-23(43)19(14-21(41)42)36-26(47)30(34,16(3)39)11-6-12-35-28(31)32/h7-10,15,19-20,22,40H,6,11-14,33-34H2,1-5H3,(H,36,47)(H,37,43)(H,41,42)(H,45,46)(H4,31,32,35)/t19-,20-,22-,30+/m0/s1. The molecule has 48 heavy (non-hydrogen) atoms. The Kier molecular flexibility index (Phi) is 14.6. The topological polar surface area (TPSA) is 324 Å². The van der Waals surface area contributed by atoms with E-state index in [1.54, 1.807) is 0 Å². The van der Waals surface area contributed by atoms with Gasteiger partial charge in [-0.3, -0.25) is 38.7 Å². The van der Waals surface area contributed by atoms with Crippen LogP contribution in [0.1, 0.15) is 59.4 Å². The smallest absolute Gasteiger partial charge is 0.327 e. The molecule has 1 aromatic carbocycles. The van der Waals surface area contributed by atoms with E-state index >= 15 is 0 Å². The number of guanidine groups is 1. The quantitative estimate of drug-likeness (QED) is 0.0348. The summed E-state index contributed by atoms with van der Waals surface area (Å²) in [5.74, 6) is -9.74. The van der Waals surface area contributed by atoms with Gasteiger partial charge in [-0.05, 0) is 57.2 Å². The highest BCUT2D eigenvalue weighted by atomic mass is 16.4. The maximum Gasteiger partial charge on any atom is 0.327 e. The van der Waals surface area contributed by atoms with Gasteiger partial charge < -0.3 is 48.9 Å². The number of carboxylic acid groups (broad SMARTS) is 2. The Morgan fingerprint density at radius 1 is 0.958 bits per heavy atom. The van der Waals surface area contributed by atoms with Gasteiger partial charge in [0.2, 0.25) is 17.7 Å². The molecule has 0 bridgehead atoms. The zero-order valence-corrected chi connectivity index (χ0v) is 27.6. The lowest BCUT2D eigenvalue weighted by Crippen LogP contribution is -2.65. The molecule has 0 unspecified atom stereocenters.